The number of hydrogen-bond donors (Lipinski definition) is 0. The van der Waals surface area contributed by atoms with E-state index in [0.29, 0.717) is 28.8 Å². The summed E-state index contributed by atoms with van der Waals surface area (Å²) in [5.41, 5.74) is 1.02. The van der Waals surface area contributed by atoms with Gasteiger partial charge in [-0.05, 0) is 40.1 Å². The van der Waals surface area contributed by atoms with Gasteiger partial charge in [-0.15, -0.1) is 12.4 Å². The molecule has 0 aliphatic carbocycles. The smallest absolute Gasteiger partial charge is 0.342 e. The molecule has 0 bridgehead atoms. The molecule has 1 aromatic carbocycles. The quantitative estimate of drug-likeness (QED) is 0.808. The zero-order chi connectivity index (χ0) is 15.6. The van der Waals surface area contributed by atoms with E-state index in [-0.39, 0.29) is 30.0 Å². The Morgan fingerprint density at radius 2 is 1.95 bits per heavy atom. The molecule has 6 heteroatoms. The Kier molecular flexibility index (Phi) is 6.14. The number of halogens is 1. The molecule has 0 amide bonds. The highest BCUT2D eigenvalue weighted by Gasteiger charge is 2.17. The molecular weight excluding hydrogens is 306 g/mol. The molecule has 0 fully saturated rings. The summed E-state index contributed by atoms with van der Waals surface area (Å²) in [5.74, 6) is 0.0369. The third kappa shape index (κ3) is 3.67. The summed E-state index contributed by atoms with van der Waals surface area (Å²) in [6, 6.07) is 4.93. The second-order valence-corrected chi connectivity index (χ2v) is 5.23. The molecule has 2 aromatic rings. The Morgan fingerprint density at radius 1 is 1.27 bits per heavy atom. The lowest BCUT2D eigenvalue weighted by atomic mass is 10.1. The Morgan fingerprint density at radius 3 is 2.59 bits per heavy atom. The lowest BCUT2D eigenvalue weighted by Gasteiger charge is -2.11. The maximum Gasteiger partial charge on any atom is 0.342 e. The molecule has 0 N–H and O–H groups in total. The number of hydrogen-bond acceptors (Lipinski definition) is 5. The van der Waals surface area contributed by atoms with Gasteiger partial charge in [-0.1, -0.05) is 6.07 Å². The first-order valence-corrected chi connectivity index (χ1v) is 6.76. The average molecular weight is 326 g/mol. The lowest BCUT2D eigenvalue weighted by molar-refractivity contribution is 0.0483. The summed E-state index contributed by atoms with van der Waals surface area (Å²) in [4.78, 5) is 26.3. The summed E-state index contributed by atoms with van der Waals surface area (Å²) in [5, 5.41) is 0.403. The number of para-hydroxylation sites is 1. The van der Waals surface area contributed by atoms with Crippen LogP contribution in [-0.2, 0) is 4.74 Å². The number of esters is 1. The normalized spacial score (nSPS) is 10.6. The summed E-state index contributed by atoms with van der Waals surface area (Å²) in [6.07, 6.45) is 0. The highest BCUT2D eigenvalue weighted by atomic mass is 35.5. The number of aryl methyl sites for hydroxylation is 1. The van der Waals surface area contributed by atoms with E-state index in [0.717, 1.165) is 0 Å². The van der Waals surface area contributed by atoms with Crippen LogP contribution in [0.2, 0.25) is 0 Å². The molecule has 22 heavy (non-hydrogen) atoms. The summed E-state index contributed by atoms with van der Waals surface area (Å²) < 4.78 is 10.9. The predicted octanol–water partition coefficient (Wildman–Crippen LogP) is 2.55. The third-order valence-electron chi connectivity index (χ3n) is 3.38. The Hall–Kier alpha value is -1.85. The zero-order valence-corrected chi connectivity index (χ0v) is 14.0. The second kappa shape index (κ2) is 7.42. The van der Waals surface area contributed by atoms with E-state index in [1.165, 1.54) is 0 Å². The van der Waals surface area contributed by atoms with E-state index in [4.69, 9.17) is 9.15 Å². The molecule has 120 valence electrons. The van der Waals surface area contributed by atoms with Gasteiger partial charge in [-0.2, -0.15) is 0 Å². The molecule has 0 aliphatic rings. The minimum Gasteiger partial charge on any atom is -0.461 e. The van der Waals surface area contributed by atoms with Gasteiger partial charge < -0.3 is 14.1 Å². The van der Waals surface area contributed by atoms with Crippen LogP contribution in [0.5, 0.6) is 0 Å². The molecule has 0 radical (unpaired) electrons. The molecule has 0 saturated heterocycles. The van der Waals surface area contributed by atoms with Crippen LogP contribution in [0.3, 0.4) is 0 Å². The molecular formula is C16H20ClNO4. The van der Waals surface area contributed by atoms with E-state index in [9.17, 15) is 9.59 Å². The first-order chi connectivity index (χ1) is 9.91. The molecule has 0 aliphatic heterocycles. The average Bonchev–Trinajstić information content (AvgIpc) is 2.44. The van der Waals surface area contributed by atoms with Gasteiger partial charge in [0.05, 0.1) is 5.39 Å². The number of benzene rings is 1. The predicted molar refractivity (Wildman–Crippen MR) is 88.0 cm³/mol. The van der Waals surface area contributed by atoms with Gasteiger partial charge in [-0.25, -0.2) is 4.79 Å². The lowest BCUT2D eigenvalue weighted by Crippen LogP contribution is -2.20. The van der Waals surface area contributed by atoms with Gasteiger partial charge in [0.25, 0.3) is 0 Å². The molecule has 5 nitrogen and oxygen atoms in total. The van der Waals surface area contributed by atoms with Gasteiger partial charge in [-0.3, -0.25) is 4.79 Å². The fourth-order valence-electron chi connectivity index (χ4n) is 1.98. The van der Waals surface area contributed by atoms with Crippen molar-refractivity contribution in [2.45, 2.75) is 13.8 Å². The van der Waals surface area contributed by atoms with Crippen molar-refractivity contribution < 1.29 is 13.9 Å². The van der Waals surface area contributed by atoms with Gasteiger partial charge in [0.15, 0.2) is 11.0 Å². The van der Waals surface area contributed by atoms with Gasteiger partial charge in [0.1, 0.15) is 17.9 Å². The zero-order valence-electron chi connectivity index (χ0n) is 13.1. The van der Waals surface area contributed by atoms with Crippen LogP contribution in [0.1, 0.15) is 21.7 Å². The van der Waals surface area contributed by atoms with Crippen LogP contribution in [0.25, 0.3) is 11.0 Å². The third-order valence-corrected chi connectivity index (χ3v) is 3.38. The standard InChI is InChI=1S/C16H19NO4.ClH/c1-10-11(2)21-15-12(14(10)18)6-5-7-13(15)16(19)20-9-8-17(3)4;/h5-7H,8-9H2,1-4H3;1H. The van der Waals surface area contributed by atoms with Crippen LogP contribution >= 0.6 is 12.4 Å². The highest BCUT2D eigenvalue weighted by Crippen LogP contribution is 2.20. The first-order valence-electron chi connectivity index (χ1n) is 6.76. The minimum atomic E-state index is -0.478. The first kappa shape index (κ1) is 18.2. The Balaban J connectivity index is 0.00000242. The van der Waals surface area contributed by atoms with Crippen molar-refractivity contribution in [2.75, 3.05) is 27.2 Å². The number of nitrogens with zero attached hydrogens (tertiary/aromatic N) is 1. The van der Waals surface area contributed by atoms with Crippen molar-refractivity contribution in [3.63, 3.8) is 0 Å². The van der Waals surface area contributed by atoms with E-state index in [2.05, 4.69) is 0 Å². The molecule has 0 unspecified atom stereocenters. The van der Waals surface area contributed by atoms with Gasteiger partial charge in [0, 0.05) is 12.1 Å². The highest BCUT2D eigenvalue weighted by molar-refractivity contribution is 6.01. The number of fused-ring (bicyclic) bond motifs is 1. The number of likely N-dealkylation sites (N-methyl/N-ethyl adjacent to an activating group) is 1. The monoisotopic (exact) mass is 325 g/mol. The number of carbonyl (C=O) groups excluding carboxylic acids is 1. The van der Waals surface area contributed by atoms with Crippen molar-refractivity contribution in [1.29, 1.82) is 0 Å². The van der Waals surface area contributed by atoms with Crippen LogP contribution in [0.15, 0.2) is 27.4 Å². The molecule has 1 heterocycles. The Labute approximate surface area is 135 Å². The number of ether oxygens (including phenoxy) is 1. The van der Waals surface area contributed by atoms with Crippen molar-refractivity contribution in [3.8, 4) is 0 Å². The van der Waals surface area contributed by atoms with Crippen molar-refractivity contribution in [3.05, 3.63) is 45.3 Å². The van der Waals surface area contributed by atoms with Gasteiger partial charge in [0.2, 0.25) is 0 Å². The van der Waals surface area contributed by atoms with Crippen LogP contribution in [-0.4, -0.2) is 38.1 Å². The molecule has 0 saturated carbocycles. The number of carbonyl (C=O) groups is 1. The fourth-order valence-corrected chi connectivity index (χ4v) is 1.98. The maximum atomic E-state index is 12.2. The van der Waals surface area contributed by atoms with Crippen molar-refractivity contribution in [2.24, 2.45) is 0 Å². The summed E-state index contributed by atoms with van der Waals surface area (Å²) in [6.45, 7) is 4.35. The molecule has 0 spiro atoms. The minimum absolute atomic E-state index is 0. The summed E-state index contributed by atoms with van der Waals surface area (Å²) in [7, 11) is 3.80. The van der Waals surface area contributed by atoms with E-state index in [1.807, 2.05) is 19.0 Å². The van der Waals surface area contributed by atoms with Gasteiger partial charge >= 0.3 is 5.97 Å². The van der Waals surface area contributed by atoms with Crippen LogP contribution in [0.4, 0.5) is 0 Å². The molecule has 0 atom stereocenters. The largest absolute Gasteiger partial charge is 0.461 e. The topological polar surface area (TPSA) is 59.8 Å². The summed E-state index contributed by atoms with van der Waals surface area (Å²) >= 11 is 0. The van der Waals surface area contributed by atoms with E-state index >= 15 is 0 Å². The molecule has 2 rings (SSSR count). The molecule has 1 aromatic heterocycles. The van der Waals surface area contributed by atoms with Crippen molar-refractivity contribution >= 4 is 29.3 Å². The van der Waals surface area contributed by atoms with E-state index in [1.54, 1.807) is 32.0 Å². The van der Waals surface area contributed by atoms with E-state index < -0.39 is 5.97 Å². The van der Waals surface area contributed by atoms with Crippen LogP contribution < -0.4 is 5.43 Å². The maximum absolute atomic E-state index is 12.2. The Bertz CT molecular complexity index is 737. The SMILES string of the molecule is Cc1oc2c(C(=O)OCCN(C)C)cccc2c(=O)c1C.Cl. The number of rotatable bonds is 4. The van der Waals surface area contributed by atoms with Crippen LogP contribution in [0, 0.1) is 13.8 Å². The second-order valence-electron chi connectivity index (χ2n) is 5.23. The fraction of sp³-hybridized carbons (Fsp3) is 0.375. The van der Waals surface area contributed by atoms with Crippen molar-refractivity contribution in [1.82, 2.24) is 4.90 Å².